The molecule has 0 saturated carbocycles. The number of rotatable bonds is 4. The summed E-state index contributed by atoms with van der Waals surface area (Å²) in [5.41, 5.74) is 5.01. The lowest BCUT2D eigenvalue weighted by Gasteiger charge is -2.07. The number of benzene rings is 3. The fourth-order valence-electron chi connectivity index (χ4n) is 3.22. The van der Waals surface area contributed by atoms with Crippen LogP contribution in [0.4, 0.5) is 0 Å². The van der Waals surface area contributed by atoms with Crippen LogP contribution in [0.3, 0.4) is 0 Å². The molecule has 0 amide bonds. The van der Waals surface area contributed by atoms with Crippen molar-refractivity contribution in [3.63, 3.8) is 0 Å². The van der Waals surface area contributed by atoms with E-state index in [1.54, 1.807) is 24.3 Å². The van der Waals surface area contributed by atoms with Crippen LogP contribution in [0.5, 0.6) is 5.75 Å². The molecule has 3 aromatic rings. The Bertz CT molecular complexity index is 1100. The fourth-order valence-corrected chi connectivity index (χ4v) is 3.22. The summed E-state index contributed by atoms with van der Waals surface area (Å²) in [6, 6.07) is 24.4. The first kappa shape index (κ1) is 17.7. The first-order valence-corrected chi connectivity index (χ1v) is 9.03. The zero-order chi connectivity index (χ0) is 19.5. The second-order valence-corrected chi connectivity index (χ2v) is 6.58. The molecule has 0 atom stereocenters. The maximum Gasteiger partial charge on any atom is 0.344 e. The number of allylic oxidation sites excluding steroid dienone is 2. The van der Waals surface area contributed by atoms with E-state index < -0.39 is 5.97 Å². The summed E-state index contributed by atoms with van der Waals surface area (Å²) in [4.78, 5) is 24.2. The number of esters is 1. The minimum absolute atomic E-state index is 0.0269. The fraction of sp³-hybridized carbons (Fsp3) is 0.0400. The van der Waals surface area contributed by atoms with Gasteiger partial charge in [-0.25, -0.2) is 4.79 Å². The van der Waals surface area contributed by atoms with E-state index in [-0.39, 0.29) is 5.78 Å². The van der Waals surface area contributed by atoms with Gasteiger partial charge in [0.05, 0.1) is 5.57 Å². The van der Waals surface area contributed by atoms with Crippen molar-refractivity contribution in [3.05, 3.63) is 107 Å². The summed E-state index contributed by atoms with van der Waals surface area (Å²) in [6.45, 7) is 1.50. The van der Waals surface area contributed by atoms with Crippen molar-refractivity contribution >= 4 is 29.0 Å². The molecule has 0 heterocycles. The Labute approximate surface area is 163 Å². The molecule has 3 aromatic carbocycles. The van der Waals surface area contributed by atoms with E-state index in [1.165, 1.54) is 6.92 Å². The average molecular weight is 366 g/mol. The van der Waals surface area contributed by atoms with Gasteiger partial charge >= 0.3 is 5.97 Å². The lowest BCUT2D eigenvalue weighted by Crippen LogP contribution is -2.09. The van der Waals surface area contributed by atoms with Crippen LogP contribution in [-0.2, 0) is 4.79 Å². The molecule has 0 fully saturated rings. The van der Waals surface area contributed by atoms with Gasteiger partial charge in [0.15, 0.2) is 5.78 Å². The summed E-state index contributed by atoms with van der Waals surface area (Å²) in [7, 11) is 0. The predicted octanol–water partition coefficient (Wildman–Crippen LogP) is 5.43. The van der Waals surface area contributed by atoms with E-state index in [0.29, 0.717) is 16.9 Å². The lowest BCUT2D eigenvalue weighted by molar-refractivity contribution is -0.127. The molecule has 0 spiro atoms. The van der Waals surface area contributed by atoms with Crippen molar-refractivity contribution in [1.29, 1.82) is 0 Å². The third-order valence-electron chi connectivity index (χ3n) is 4.64. The Hall–Kier alpha value is -3.72. The van der Waals surface area contributed by atoms with Gasteiger partial charge in [0, 0.05) is 5.56 Å². The van der Waals surface area contributed by atoms with E-state index in [2.05, 4.69) is 6.08 Å². The normalized spacial score (nSPS) is 13.8. The van der Waals surface area contributed by atoms with E-state index in [1.807, 2.05) is 60.7 Å². The Morgan fingerprint density at radius 1 is 0.786 bits per heavy atom. The van der Waals surface area contributed by atoms with Gasteiger partial charge in [-0.2, -0.15) is 0 Å². The highest BCUT2D eigenvalue weighted by molar-refractivity contribution is 6.24. The molecule has 136 valence electrons. The number of hydrogen-bond donors (Lipinski definition) is 0. The summed E-state index contributed by atoms with van der Waals surface area (Å²) in [6.07, 6.45) is 3.92. The van der Waals surface area contributed by atoms with Gasteiger partial charge < -0.3 is 4.74 Å². The Kier molecular flexibility index (Phi) is 4.73. The van der Waals surface area contributed by atoms with Crippen LogP contribution >= 0.6 is 0 Å². The molecule has 28 heavy (non-hydrogen) atoms. The largest absolute Gasteiger partial charge is 0.423 e. The van der Waals surface area contributed by atoms with Gasteiger partial charge in [-0.05, 0) is 65.6 Å². The molecular formula is C25H18O3. The van der Waals surface area contributed by atoms with Gasteiger partial charge in [-0.3, -0.25) is 4.79 Å². The summed E-state index contributed by atoms with van der Waals surface area (Å²) >= 11 is 0. The van der Waals surface area contributed by atoms with Crippen LogP contribution < -0.4 is 4.74 Å². The number of ether oxygens (including phenoxy) is 1. The van der Waals surface area contributed by atoms with Gasteiger partial charge in [-0.1, -0.05) is 54.6 Å². The molecule has 0 radical (unpaired) electrons. The topological polar surface area (TPSA) is 43.4 Å². The van der Waals surface area contributed by atoms with Crippen LogP contribution in [0.25, 0.3) is 17.2 Å². The number of fused-ring (bicyclic) bond motifs is 1. The van der Waals surface area contributed by atoms with Crippen molar-refractivity contribution in [3.8, 4) is 5.75 Å². The standard InChI is InChI=1S/C25H18O3/c1-17(26)19-11-13-21(14-12-19)28-25(27)24-16-20(15-18-7-3-2-4-8-18)22-9-5-6-10-23(22)24/h2-16H,1H3/b20-15+. The first-order valence-electron chi connectivity index (χ1n) is 9.03. The number of Topliss-reactive ketones (excluding diaryl/α,β-unsaturated/α-hetero) is 1. The van der Waals surface area contributed by atoms with E-state index in [4.69, 9.17) is 4.74 Å². The molecule has 3 heteroatoms. The Morgan fingerprint density at radius 3 is 2.11 bits per heavy atom. The summed E-state index contributed by atoms with van der Waals surface area (Å²) in [5, 5.41) is 0. The third-order valence-corrected chi connectivity index (χ3v) is 4.64. The van der Waals surface area contributed by atoms with Crippen molar-refractivity contribution in [1.82, 2.24) is 0 Å². The zero-order valence-electron chi connectivity index (χ0n) is 15.4. The van der Waals surface area contributed by atoms with Crippen LogP contribution in [0.15, 0.2) is 84.9 Å². The highest BCUT2D eigenvalue weighted by atomic mass is 16.5. The van der Waals surface area contributed by atoms with Crippen LogP contribution in [0, 0.1) is 0 Å². The Balaban J connectivity index is 1.64. The molecular weight excluding hydrogens is 348 g/mol. The monoisotopic (exact) mass is 366 g/mol. The Morgan fingerprint density at radius 2 is 1.43 bits per heavy atom. The number of hydrogen-bond acceptors (Lipinski definition) is 3. The van der Waals surface area contributed by atoms with E-state index >= 15 is 0 Å². The minimum atomic E-state index is -0.417. The highest BCUT2D eigenvalue weighted by Crippen LogP contribution is 2.37. The third kappa shape index (κ3) is 3.55. The smallest absolute Gasteiger partial charge is 0.344 e. The molecule has 4 rings (SSSR count). The van der Waals surface area contributed by atoms with Gasteiger partial charge in [0.1, 0.15) is 5.75 Å². The van der Waals surface area contributed by atoms with Crippen LogP contribution in [0.1, 0.15) is 34.0 Å². The molecule has 0 unspecified atom stereocenters. The maximum absolute atomic E-state index is 12.8. The molecule has 3 nitrogen and oxygen atoms in total. The van der Waals surface area contributed by atoms with Crippen molar-refractivity contribution in [2.45, 2.75) is 6.92 Å². The lowest BCUT2D eigenvalue weighted by atomic mass is 10.0. The highest BCUT2D eigenvalue weighted by Gasteiger charge is 2.24. The SMILES string of the molecule is CC(=O)c1ccc(OC(=O)C2=C/C(=C\c3ccccc3)c3ccccc32)cc1. The molecule has 1 aliphatic rings. The van der Waals surface area contributed by atoms with Crippen LogP contribution in [0.2, 0.25) is 0 Å². The van der Waals surface area contributed by atoms with Gasteiger partial charge in [0.2, 0.25) is 0 Å². The molecule has 0 bridgehead atoms. The second kappa shape index (κ2) is 7.49. The summed E-state index contributed by atoms with van der Waals surface area (Å²) in [5.74, 6) is -0.0330. The zero-order valence-corrected chi connectivity index (χ0v) is 15.4. The molecule has 0 aromatic heterocycles. The van der Waals surface area contributed by atoms with E-state index in [9.17, 15) is 9.59 Å². The molecule has 0 aliphatic heterocycles. The average Bonchev–Trinajstić information content (AvgIpc) is 3.08. The first-order chi connectivity index (χ1) is 13.6. The minimum Gasteiger partial charge on any atom is -0.423 e. The van der Waals surface area contributed by atoms with Crippen molar-refractivity contribution < 1.29 is 14.3 Å². The van der Waals surface area contributed by atoms with E-state index in [0.717, 1.165) is 22.3 Å². The summed E-state index contributed by atoms with van der Waals surface area (Å²) < 4.78 is 5.54. The van der Waals surface area contributed by atoms with Crippen molar-refractivity contribution in [2.24, 2.45) is 0 Å². The van der Waals surface area contributed by atoms with Crippen LogP contribution in [-0.4, -0.2) is 11.8 Å². The molecule has 0 N–H and O–H groups in total. The number of carbonyl (C=O) groups is 2. The van der Waals surface area contributed by atoms with Gasteiger partial charge in [0.25, 0.3) is 0 Å². The van der Waals surface area contributed by atoms with Crippen molar-refractivity contribution in [2.75, 3.05) is 0 Å². The molecule has 1 aliphatic carbocycles. The second-order valence-electron chi connectivity index (χ2n) is 6.58. The van der Waals surface area contributed by atoms with Gasteiger partial charge in [-0.15, -0.1) is 0 Å². The number of carbonyl (C=O) groups excluding carboxylic acids is 2. The molecule has 0 saturated heterocycles. The predicted molar refractivity (Wildman–Crippen MR) is 111 cm³/mol. The number of ketones is 1. The maximum atomic E-state index is 12.8. The quantitative estimate of drug-likeness (QED) is 0.351.